The molecule has 0 aliphatic carbocycles. The lowest BCUT2D eigenvalue weighted by Gasteiger charge is -2.25. The number of aryl methyl sites for hydroxylation is 1. The largest absolute Gasteiger partial charge is 0.465 e. The summed E-state index contributed by atoms with van der Waals surface area (Å²) in [7, 11) is 0. The van der Waals surface area contributed by atoms with E-state index in [-0.39, 0.29) is 17.5 Å². The highest BCUT2D eigenvalue weighted by Crippen LogP contribution is 2.13. The monoisotopic (exact) mass is 302 g/mol. The number of likely N-dealkylation sites (N-methyl/N-ethyl adjacent to an activating group) is 1. The number of fused-ring (bicyclic) bond motifs is 1. The first kappa shape index (κ1) is 14.4. The van der Waals surface area contributed by atoms with E-state index in [4.69, 9.17) is 4.42 Å². The van der Waals surface area contributed by atoms with Crippen molar-refractivity contribution in [3.8, 4) is 0 Å². The van der Waals surface area contributed by atoms with E-state index in [1.807, 2.05) is 26.0 Å². The Kier molecular flexibility index (Phi) is 3.70. The van der Waals surface area contributed by atoms with Crippen LogP contribution in [0.4, 0.5) is 0 Å². The van der Waals surface area contributed by atoms with Gasteiger partial charge in [-0.15, -0.1) is 0 Å². The molecular weight excluding hydrogens is 284 g/mol. The van der Waals surface area contributed by atoms with Crippen LogP contribution in [0.3, 0.4) is 0 Å². The molecule has 22 heavy (non-hydrogen) atoms. The second-order valence-corrected chi connectivity index (χ2v) is 5.22. The topological polar surface area (TPSA) is 80.4 Å². The van der Waals surface area contributed by atoms with Crippen LogP contribution < -0.4 is 5.32 Å². The smallest absolute Gasteiger partial charge is 0.289 e. The molecule has 0 fully saturated rings. The van der Waals surface area contributed by atoms with Crippen molar-refractivity contribution < 1.29 is 14.0 Å². The third-order valence-corrected chi connectivity index (χ3v) is 3.70. The van der Waals surface area contributed by atoms with Gasteiger partial charge in [-0.2, -0.15) is 0 Å². The van der Waals surface area contributed by atoms with Crippen molar-refractivity contribution in [3.05, 3.63) is 41.4 Å². The van der Waals surface area contributed by atoms with Gasteiger partial charge in [-0.25, -0.2) is 4.98 Å². The molecule has 0 radical (unpaired) electrons. The van der Waals surface area contributed by atoms with Crippen molar-refractivity contribution in [2.75, 3.05) is 13.1 Å². The van der Waals surface area contributed by atoms with Crippen molar-refractivity contribution in [1.29, 1.82) is 0 Å². The molecule has 0 bridgehead atoms. The Labute approximate surface area is 127 Å². The summed E-state index contributed by atoms with van der Waals surface area (Å²) in [6, 6.07) is 3.66. The predicted molar refractivity (Wildman–Crippen MR) is 78.4 cm³/mol. The minimum absolute atomic E-state index is 0.130. The summed E-state index contributed by atoms with van der Waals surface area (Å²) in [6.07, 6.45) is 1.63. The molecule has 3 rings (SSSR count). The fraction of sp³-hybridized carbons (Fsp3) is 0.400. The first-order chi connectivity index (χ1) is 10.6. The maximum absolute atomic E-state index is 12.2. The number of carbonyl (C=O) groups is 2. The number of furan rings is 1. The van der Waals surface area contributed by atoms with Gasteiger partial charge in [-0.05, 0) is 26.0 Å². The third-order valence-electron chi connectivity index (χ3n) is 3.70. The number of carbonyl (C=O) groups excluding carboxylic acids is 2. The molecular formula is C15H18N4O3. The molecule has 1 aliphatic rings. The lowest BCUT2D eigenvalue weighted by Crippen LogP contribution is -2.40. The van der Waals surface area contributed by atoms with Crippen molar-refractivity contribution in [2.24, 2.45) is 0 Å². The molecule has 0 unspecified atom stereocenters. The molecule has 2 aromatic rings. The molecule has 0 saturated carbocycles. The number of nitrogens with one attached hydrogen (secondary N) is 1. The quantitative estimate of drug-likeness (QED) is 0.920. The van der Waals surface area contributed by atoms with E-state index in [9.17, 15) is 9.59 Å². The van der Waals surface area contributed by atoms with Gasteiger partial charge in [0.2, 0.25) is 0 Å². The Hall–Kier alpha value is -2.57. The van der Waals surface area contributed by atoms with Gasteiger partial charge < -0.3 is 19.2 Å². The van der Waals surface area contributed by atoms with Crippen molar-refractivity contribution in [2.45, 2.75) is 26.9 Å². The Balaban J connectivity index is 1.70. The lowest BCUT2D eigenvalue weighted by atomic mass is 10.3. The Morgan fingerprint density at radius 1 is 1.41 bits per heavy atom. The first-order valence-corrected chi connectivity index (χ1v) is 7.28. The fourth-order valence-electron chi connectivity index (χ4n) is 2.48. The molecule has 116 valence electrons. The van der Waals surface area contributed by atoms with Crippen molar-refractivity contribution in [1.82, 2.24) is 19.8 Å². The molecule has 1 N–H and O–H groups in total. The van der Waals surface area contributed by atoms with E-state index >= 15 is 0 Å². The molecule has 7 heteroatoms. The van der Waals surface area contributed by atoms with Crippen LogP contribution in [-0.4, -0.2) is 39.4 Å². The van der Waals surface area contributed by atoms with Gasteiger partial charge in [0, 0.05) is 25.8 Å². The molecule has 0 saturated heterocycles. The zero-order chi connectivity index (χ0) is 15.7. The van der Waals surface area contributed by atoms with Crippen LogP contribution in [0.5, 0.6) is 0 Å². The number of imidazole rings is 1. The summed E-state index contributed by atoms with van der Waals surface area (Å²) >= 11 is 0. The van der Waals surface area contributed by atoms with Crippen LogP contribution in [-0.2, 0) is 13.1 Å². The minimum atomic E-state index is -0.313. The molecule has 2 amide bonds. The maximum atomic E-state index is 12.2. The number of hydrogen-bond donors (Lipinski definition) is 1. The summed E-state index contributed by atoms with van der Waals surface area (Å²) in [4.78, 5) is 30.2. The van der Waals surface area contributed by atoms with Gasteiger partial charge >= 0.3 is 0 Å². The average molecular weight is 302 g/mol. The number of nitrogens with zero attached hydrogens (tertiary/aromatic N) is 3. The first-order valence-electron chi connectivity index (χ1n) is 7.28. The standard InChI is InChI=1S/C15H18N4O3/c1-3-18-6-7-19-9-12(17-13(19)15(18)21)14(20)16-8-11-5-4-10(2)22-11/h4-5,9H,3,6-8H2,1-2H3,(H,16,20). The van der Waals surface area contributed by atoms with Crippen LogP contribution in [0.1, 0.15) is 39.6 Å². The highest BCUT2D eigenvalue weighted by molar-refractivity contribution is 5.96. The van der Waals surface area contributed by atoms with Crippen molar-refractivity contribution >= 4 is 11.8 Å². The van der Waals surface area contributed by atoms with E-state index in [0.717, 1.165) is 5.76 Å². The zero-order valence-electron chi connectivity index (χ0n) is 12.6. The van der Waals surface area contributed by atoms with Crippen LogP contribution in [0.2, 0.25) is 0 Å². The number of rotatable bonds is 4. The Bertz CT molecular complexity index is 716. The second kappa shape index (κ2) is 5.67. The predicted octanol–water partition coefficient (Wildman–Crippen LogP) is 1.19. The number of hydrogen-bond acceptors (Lipinski definition) is 4. The maximum Gasteiger partial charge on any atom is 0.289 e. The fourth-order valence-corrected chi connectivity index (χ4v) is 2.48. The SMILES string of the molecule is CCN1CCn2cc(C(=O)NCc3ccc(C)o3)nc2C1=O. The minimum Gasteiger partial charge on any atom is -0.465 e. The summed E-state index contributed by atoms with van der Waals surface area (Å²) in [5.74, 6) is 1.36. The zero-order valence-corrected chi connectivity index (χ0v) is 12.6. The van der Waals surface area contributed by atoms with Gasteiger partial charge in [0.25, 0.3) is 11.8 Å². The number of amides is 2. The van der Waals surface area contributed by atoms with Crippen LogP contribution >= 0.6 is 0 Å². The lowest BCUT2D eigenvalue weighted by molar-refractivity contribution is 0.0707. The summed E-state index contributed by atoms with van der Waals surface area (Å²) in [6.45, 7) is 6.02. The Morgan fingerprint density at radius 3 is 2.91 bits per heavy atom. The summed E-state index contributed by atoms with van der Waals surface area (Å²) < 4.78 is 7.13. The molecule has 7 nitrogen and oxygen atoms in total. The highest BCUT2D eigenvalue weighted by Gasteiger charge is 2.27. The van der Waals surface area contributed by atoms with Gasteiger partial charge in [0.15, 0.2) is 5.82 Å². The van der Waals surface area contributed by atoms with Gasteiger partial charge in [0.05, 0.1) is 6.54 Å². The molecule has 0 atom stereocenters. The van der Waals surface area contributed by atoms with E-state index in [2.05, 4.69) is 10.3 Å². The normalized spacial score (nSPS) is 14.1. The molecule has 1 aliphatic heterocycles. The van der Waals surface area contributed by atoms with Gasteiger partial charge in [-0.3, -0.25) is 9.59 Å². The van der Waals surface area contributed by atoms with Gasteiger partial charge in [-0.1, -0.05) is 0 Å². The molecule has 3 heterocycles. The number of aromatic nitrogens is 2. The van der Waals surface area contributed by atoms with E-state index < -0.39 is 0 Å². The molecule has 0 aromatic carbocycles. The van der Waals surface area contributed by atoms with Crippen LogP contribution in [0, 0.1) is 6.92 Å². The summed E-state index contributed by atoms with van der Waals surface area (Å²) in [5, 5.41) is 2.74. The van der Waals surface area contributed by atoms with Crippen molar-refractivity contribution in [3.63, 3.8) is 0 Å². The summed E-state index contributed by atoms with van der Waals surface area (Å²) in [5.41, 5.74) is 0.254. The van der Waals surface area contributed by atoms with E-state index in [1.165, 1.54) is 0 Å². The highest BCUT2D eigenvalue weighted by atomic mass is 16.3. The third kappa shape index (κ3) is 2.61. The molecule has 0 spiro atoms. The van der Waals surface area contributed by atoms with Crippen LogP contribution in [0.15, 0.2) is 22.7 Å². The van der Waals surface area contributed by atoms with E-state index in [1.54, 1.807) is 15.7 Å². The second-order valence-electron chi connectivity index (χ2n) is 5.22. The average Bonchev–Trinajstić information content (AvgIpc) is 3.12. The van der Waals surface area contributed by atoms with E-state index in [0.29, 0.717) is 37.8 Å². The van der Waals surface area contributed by atoms with Gasteiger partial charge in [0.1, 0.15) is 17.2 Å². The molecule has 2 aromatic heterocycles. The van der Waals surface area contributed by atoms with Crippen LogP contribution in [0.25, 0.3) is 0 Å². The Morgan fingerprint density at radius 2 is 2.23 bits per heavy atom.